The number of allylic oxidation sites excluding steroid dienone is 2. The Labute approximate surface area is 225 Å². The van der Waals surface area contributed by atoms with Crippen LogP contribution in [0.1, 0.15) is 125 Å². The van der Waals surface area contributed by atoms with Crippen LogP contribution in [0.15, 0.2) is 11.6 Å². The fourth-order valence-electron chi connectivity index (χ4n) is 9.54. The molecule has 4 aliphatic rings. The highest BCUT2D eigenvalue weighted by molar-refractivity contribution is 5.88. The Bertz CT molecular complexity index is 900. The minimum Gasteiger partial charge on any atom is -0.463 e. The fraction of sp³-hybridized carbons (Fsp3) is 0.848. The van der Waals surface area contributed by atoms with E-state index in [2.05, 4.69) is 33.8 Å². The molecule has 4 aliphatic carbocycles. The van der Waals surface area contributed by atoms with Gasteiger partial charge in [0, 0.05) is 31.6 Å². The number of esters is 1. The first-order chi connectivity index (χ1) is 17.5. The van der Waals surface area contributed by atoms with Crippen LogP contribution in [0, 0.1) is 46.3 Å². The highest BCUT2D eigenvalue weighted by atomic mass is 16.5. The zero-order valence-electron chi connectivity index (χ0n) is 24.4. The van der Waals surface area contributed by atoms with Crippen LogP contribution >= 0.6 is 0 Å². The molecule has 4 heteroatoms. The smallest absolute Gasteiger partial charge is 0.302 e. The molecule has 4 nitrogen and oxygen atoms in total. The Morgan fingerprint density at radius 3 is 2.30 bits per heavy atom. The van der Waals surface area contributed by atoms with Gasteiger partial charge in [-0.05, 0) is 119 Å². The zero-order valence-corrected chi connectivity index (χ0v) is 24.4. The monoisotopic (exact) mass is 512 g/mol. The van der Waals surface area contributed by atoms with Crippen molar-refractivity contribution in [3.63, 3.8) is 0 Å². The Morgan fingerprint density at radius 1 is 0.892 bits per heavy atom. The lowest BCUT2D eigenvalue weighted by molar-refractivity contribution is -0.161. The second kappa shape index (κ2) is 11.3. The van der Waals surface area contributed by atoms with Gasteiger partial charge in [0.25, 0.3) is 0 Å². The molecule has 0 spiro atoms. The molecule has 4 saturated carbocycles. The second-order valence-corrected chi connectivity index (χ2v) is 14.0. The van der Waals surface area contributed by atoms with E-state index in [-0.39, 0.29) is 35.1 Å². The maximum atomic E-state index is 13.5. The topological polar surface area (TPSA) is 60.4 Å². The number of carbonyl (C=O) groups is 3. The number of ketones is 2. The molecule has 2 unspecified atom stereocenters. The lowest BCUT2D eigenvalue weighted by Crippen LogP contribution is -2.54. The predicted molar refractivity (Wildman–Crippen MR) is 148 cm³/mol. The van der Waals surface area contributed by atoms with Crippen LogP contribution in [0.25, 0.3) is 0 Å². The van der Waals surface area contributed by atoms with Gasteiger partial charge >= 0.3 is 5.97 Å². The Kier molecular flexibility index (Phi) is 8.76. The van der Waals surface area contributed by atoms with E-state index >= 15 is 0 Å². The number of Topliss-reactive ketones (excluding diaryl/α,β-unsaturated/α-hetero) is 2. The minimum atomic E-state index is -0.141. The molecular formula is C33H52O4. The van der Waals surface area contributed by atoms with Crippen molar-refractivity contribution in [3.8, 4) is 0 Å². The summed E-state index contributed by atoms with van der Waals surface area (Å²) < 4.78 is 5.63. The molecular weight excluding hydrogens is 460 g/mol. The number of hydrogen-bond donors (Lipinski definition) is 0. The molecule has 9 atom stereocenters. The molecule has 0 heterocycles. The predicted octanol–water partition coefficient (Wildman–Crippen LogP) is 7.88. The van der Waals surface area contributed by atoms with Crippen LogP contribution in [0.3, 0.4) is 0 Å². The highest BCUT2D eigenvalue weighted by Crippen LogP contribution is 2.67. The molecule has 4 rings (SSSR count). The fourth-order valence-corrected chi connectivity index (χ4v) is 9.54. The molecule has 0 amide bonds. The summed E-state index contributed by atoms with van der Waals surface area (Å²) in [5.74, 6) is 3.40. The Hall–Kier alpha value is -1.45. The molecule has 0 aromatic rings. The van der Waals surface area contributed by atoms with Crippen LogP contribution < -0.4 is 0 Å². The molecule has 37 heavy (non-hydrogen) atoms. The average Bonchev–Trinajstić information content (AvgIpc) is 3.19. The van der Waals surface area contributed by atoms with Gasteiger partial charge in [0.2, 0.25) is 0 Å². The van der Waals surface area contributed by atoms with Crippen molar-refractivity contribution in [1.82, 2.24) is 0 Å². The van der Waals surface area contributed by atoms with Crippen molar-refractivity contribution in [1.29, 1.82) is 0 Å². The molecule has 0 aromatic carbocycles. The first-order valence-corrected chi connectivity index (χ1v) is 15.3. The third kappa shape index (κ3) is 5.78. The maximum absolute atomic E-state index is 13.5. The molecule has 0 saturated heterocycles. The maximum Gasteiger partial charge on any atom is 0.302 e. The van der Waals surface area contributed by atoms with Crippen molar-refractivity contribution < 1.29 is 19.1 Å². The molecule has 0 N–H and O–H groups in total. The summed E-state index contributed by atoms with van der Waals surface area (Å²) >= 11 is 0. The number of fused-ring (bicyclic) bond motifs is 5. The van der Waals surface area contributed by atoms with Crippen molar-refractivity contribution in [2.75, 3.05) is 0 Å². The summed E-state index contributed by atoms with van der Waals surface area (Å²) in [6.45, 7) is 12.7. The van der Waals surface area contributed by atoms with E-state index < -0.39 is 0 Å². The van der Waals surface area contributed by atoms with Crippen LogP contribution in [0.2, 0.25) is 0 Å². The third-order valence-corrected chi connectivity index (χ3v) is 11.7. The average molecular weight is 513 g/mol. The molecule has 208 valence electrons. The molecule has 0 aromatic heterocycles. The largest absolute Gasteiger partial charge is 0.463 e. The van der Waals surface area contributed by atoms with E-state index in [4.69, 9.17) is 4.74 Å². The van der Waals surface area contributed by atoms with Gasteiger partial charge in [-0.15, -0.1) is 0 Å². The van der Waals surface area contributed by atoms with Gasteiger partial charge < -0.3 is 4.74 Å². The first-order valence-electron chi connectivity index (χ1n) is 15.3. The van der Waals surface area contributed by atoms with E-state index in [9.17, 15) is 14.4 Å². The minimum absolute atomic E-state index is 0.0395. The summed E-state index contributed by atoms with van der Waals surface area (Å²) in [6, 6.07) is 0. The molecule has 0 bridgehead atoms. The van der Waals surface area contributed by atoms with Gasteiger partial charge in [0.1, 0.15) is 17.7 Å². The number of rotatable bonds is 9. The van der Waals surface area contributed by atoms with Crippen LogP contribution in [0.5, 0.6) is 0 Å². The van der Waals surface area contributed by atoms with E-state index in [0.717, 1.165) is 56.8 Å². The van der Waals surface area contributed by atoms with Gasteiger partial charge in [-0.3, -0.25) is 14.4 Å². The number of carbonyl (C=O) groups excluding carboxylic acids is 3. The van der Waals surface area contributed by atoms with Crippen LogP contribution in [-0.4, -0.2) is 23.6 Å². The summed E-state index contributed by atoms with van der Waals surface area (Å²) in [4.78, 5) is 37.8. The first kappa shape index (κ1) is 28.6. The third-order valence-electron chi connectivity index (χ3n) is 11.7. The summed E-state index contributed by atoms with van der Waals surface area (Å²) in [5.41, 5.74) is 1.75. The van der Waals surface area contributed by atoms with Gasteiger partial charge in [0.05, 0.1) is 0 Å². The second-order valence-electron chi connectivity index (χ2n) is 14.0. The highest BCUT2D eigenvalue weighted by Gasteiger charge is 2.61. The van der Waals surface area contributed by atoms with E-state index in [1.165, 1.54) is 38.2 Å². The quantitative estimate of drug-likeness (QED) is 0.233. The Balaban J connectivity index is 1.35. The SMILES string of the molecule is CC(=O)O[C@H]1CC[C@@]2(C)C(CC[C@H]3[C@@H]4CC[C@H](C(=O)CCC(=O)C(C)CCC=C(C)C)[C@@]4(C)CC[C@@H]32)C1. The van der Waals surface area contributed by atoms with Crippen molar-refractivity contribution in [3.05, 3.63) is 11.6 Å². The normalized spacial score (nSPS) is 39.5. The summed E-state index contributed by atoms with van der Waals surface area (Å²) in [6.07, 6.45) is 15.2. The molecule has 0 radical (unpaired) electrons. The molecule has 4 fully saturated rings. The summed E-state index contributed by atoms with van der Waals surface area (Å²) in [7, 11) is 0. The number of hydrogen-bond acceptors (Lipinski definition) is 4. The van der Waals surface area contributed by atoms with Gasteiger partial charge in [-0.1, -0.05) is 32.4 Å². The van der Waals surface area contributed by atoms with Gasteiger partial charge in [0.15, 0.2) is 0 Å². The van der Waals surface area contributed by atoms with Gasteiger partial charge in [-0.2, -0.15) is 0 Å². The van der Waals surface area contributed by atoms with Crippen LogP contribution in [-0.2, 0) is 19.1 Å². The van der Waals surface area contributed by atoms with Crippen molar-refractivity contribution in [2.45, 2.75) is 131 Å². The van der Waals surface area contributed by atoms with E-state index in [0.29, 0.717) is 35.9 Å². The van der Waals surface area contributed by atoms with Crippen LogP contribution in [0.4, 0.5) is 0 Å². The lowest BCUT2D eigenvalue weighted by Gasteiger charge is -2.61. The molecule has 0 aliphatic heterocycles. The van der Waals surface area contributed by atoms with E-state index in [1.807, 2.05) is 6.92 Å². The van der Waals surface area contributed by atoms with Crippen molar-refractivity contribution >= 4 is 17.5 Å². The lowest BCUT2D eigenvalue weighted by atomic mass is 9.44. The number of ether oxygens (including phenoxy) is 1. The van der Waals surface area contributed by atoms with Crippen molar-refractivity contribution in [2.24, 2.45) is 46.3 Å². The standard InChI is InChI=1S/C33H52O4/c1-21(2)8-7-9-22(3)30(35)14-15-31(36)29-13-12-27-26-11-10-24-20-25(37-23(4)34)16-18-32(24,5)28(26)17-19-33(27,29)6/h8,22,24-29H,7,9-20H2,1-6H3/t22?,24?,25-,26-,27-,28-,29+,32-,33-/m0/s1. The zero-order chi connectivity index (χ0) is 27.0. The summed E-state index contributed by atoms with van der Waals surface area (Å²) in [5, 5.41) is 0. The Morgan fingerprint density at radius 2 is 1.59 bits per heavy atom. The van der Waals surface area contributed by atoms with E-state index in [1.54, 1.807) is 0 Å². The van der Waals surface area contributed by atoms with Gasteiger partial charge in [-0.25, -0.2) is 0 Å².